The standard InChI is InChI=1S/C16H19BrN2O3/c1-3-8-18-10(2)15(20)19(16(18)21)13-7-9-22-14-11(13)5-4-6-12(14)17/h4-6,10,13H,3,7-9H2,1-2H3/t10-,13-/m0/s1. The molecule has 118 valence electrons. The van der Waals surface area contributed by atoms with E-state index < -0.39 is 0 Å². The Balaban J connectivity index is 1.97. The molecular weight excluding hydrogens is 348 g/mol. The molecular formula is C16H19BrN2O3. The number of halogens is 1. The summed E-state index contributed by atoms with van der Waals surface area (Å²) in [7, 11) is 0. The highest BCUT2D eigenvalue weighted by Crippen LogP contribution is 2.42. The second-order valence-corrected chi connectivity index (χ2v) is 6.53. The van der Waals surface area contributed by atoms with Crippen molar-refractivity contribution in [2.45, 2.75) is 38.8 Å². The van der Waals surface area contributed by atoms with Crippen LogP contribution in [0.15, 0.2) is 22.7 Å². The molecule has 0 spiro atoms. The van der Waals surface area contributed by atoms with E-state index >= 15 is 0 Å². The van der Waals surface area contributed by atoms with Crippen molar-refractivity contribution in [1.82, 2.24) is 9.80 Å². The Hall–Kier alpha value is -1.56. The van der Waals surface area contributed by atoms with E-state index in [0.717, 1.165) is 22.2 Å². The van der Waals surface area contributed by atoms with E-state index in [4.69, 9.17) is 4.74 Å². The van der Waals surface area contributed by atoms with Crippen LogP contribution in [0.2, 0.25) is 0 Å². The fourth-order valence-corrected chi connectivity index (χ4v) is 3.68. The molecule has 0 radical (unpaired) electrons. The molecule has 0 aromatic heterocycles. The summed E-state index contributed by atoms with van der Waals surface area (Å²) in [6.45, 7) is 4.92. The second kappa shape index (κ2) is 5.91. The van der Waals surface area contributed by atoms with Crippen molar-refractivity contribution in [2.24, 2.45) is 0 Å². The molecule has 0 bridgehead atoms. The molecule has 1 fully saturated rings. The van der Waals surface area contributed by atoms with Gasteiger partial charge in [-0.1, -0.05) is 19.1 Å². The average Bonchev–Trinajstić information content (AvgIpc) is 2.72. The molecule has 1 aromatic carbocycles. The van der Waals surface area contributed by atoms with Crippen LogP contribution in [-0.4, -0.2) is 40.9 Å². The first kappa shape index (κ1) is 15.3. The van der Waals surface area contributed by atoms with Crippen LogP contribution in [0.3, 0.4) is 0 Å². The van der Waals surface area contributed by atoms with Gasteiger partial charge in [0.05, 0.1) is 17.1 Å². The number of fused-ring (bicyclic) bond motifs is 1. The molecule has 0 N–H and O–H groups in total. The van der Waals surface area contributed by atoms with E-state index in [1.54, 1.807) is 11.8 Å². The molecule has 2 heterocycles. The monoisotopic (exact) mass is 366 g/mol. The van der Waals surface area contributed by atoms with Crippen LogP contribution in [0, 0.1) is 0 Å². The molecule has 6 heteroatoms. The van der Waals surface area contributed by atoms with Gasteiger partial charge in [0.2, 0.25) is 0 Å². The van der Waals surface area contributed by atoms with Crippen LogP contribution in [0.1, 0.15) is 38.3 Å². The fourth-order valence-electron chi connectivity index (χ4n) is 3.19. The predicted octanol–water partition coefficient (Wildman–Crippen LogP) is 3.34. The summed E-state index contributed by atoms with van der Waals surface area (Å²) in [4.78, 5) is 28.4. The van der Waals surface area contributed by atoms with Crippen LogP contribution < -0.4 is 4.74 Å². The van der Waals surface area contributed by atoms with Crippen molar-refractivity contribution in [2.75, 3.05) is 13.2 Å². The normalized spacial score (nSPS) is 24.5. The molecule has 5 nitrogen and oxygen atoms in total. The van der Waals surface area contributed by atoms with E-state index in [-0.39, 0.29) is 24.0 Å². The first-order valence-corrected chi connectivity index (χ1v) is 8.40. The molecule has 1 aromatic rings. The van der Waals surface area contributed by atoms with Gasteiger partial charge in [-0.3, -0.25) is 9.69 Å². The molecule has 3 amide bonds. The second-order valence-electron chi connectivity index (χ2n) is 5.67. The van der Waals surface area contributed by atoms with Crippen molar-refractivity contribution in [1.29, 1.82) is 0 Å². The van der Waals surface area contributed by atoms with E-state index in [9.17, 15) is 9.59 Å². The number of hydrogen-bond donors (Lipinski definition) is 0. The number of carbonyl (C=O) groups excluding carboxylic acids is 2. The number of imide groups is 1. The summed E-state index contributed by atoms with van der Waals surface area (Å²) in [5.74, 6) is 0.622. The fraction of sp³-hybridized carbons (Fsp3) is 0.500. The minimum absolute atomic E-state index is 0.115. The van der Waals surface area contributed by atoms with Crippen molar-refractivity contribution >= 4 is 27.9 Å². The van der Waals surface area contributed by atoms with Gasteiger partial charge in [-0.15, -0.1) is 0 Å². The van der Waals surface area contributed by atoms with Gasteiger partial charge in [0.15, 0.2) is 0 Å². The number of hydrogen-bond acceptors (Lipinski definition) is 3. The van der Waals surface area contributed by atoms with Gasteiger partial charge in [0.1, 0.15) is 11.8 Å². The highest BCUT2D eigenvalue weighted by molar-refractivity contribution is 9.10. The summed E-state index contributed by atoms with van der Waals surface area (Å²) in [6.07, 6.45) is 1.47. The largest absolute Gasteiger partial charge is 0.492 e. The lowest BCUT2D eigenvalue weighted by molar-refractivity contribution is -0.129. The van der Waals surface area contributed by atoms with Gasteiger partial charge >= 0.3 is 6.03 Å². The van der Waals surface area contributed by atoms with Gasteiger partial charge in [0.25, 0.3) is 5.91 Å². The molecule has 2 aliphatic heterocycles. The molecule has 2 aliphatic rings. The molecule has 0 unspecified atom stereocenters. The first-order chi connectivity index (χ1) is 10.6. The van der Waals surface area contributed by atoms with Gasteiger partial charge in [-0.2, -0.15) is 0 Å². The average molecular weight is 367 g/mol. The summed E-state index contributed by atoms with van der Waals surface area (Å²) >= 11 is 3.47. The van der Waals surface area contributed by atoms with E-state index in [0.29, 0.717) is 19.6 Å². The Morgan fingerprint density at radius 2 is 2.14 bits per heavy atom. The van der Waals surface area contributed by atoms with Gasteiger partial charge in [-0.05, 0) is 35.3 Å². The van der Waals surface area contributed by atoms with E-state index in [1.807, 2.05) is 25.1 Å². The number of ether oxygens (including phenoxy) is 1. The molecule has 3 rings (SSSR count). The highest BCUT2D eigenvalue weighted by Gasteiger charge is 2.47. The van der Waals surface area contributed by atoms with E-state index in [2.05, 4.69) is 15.9 Å². The van der Waals surface area contributed by atoms with Gasteiger partial charge in [0, 0.05) is 18.5 Å². The highest BCUT2D eigenvalue weighted by atomic mass is 79.9. The zero-order valence-electron chi connectivity index (χ0n) is 12.7. The molecule has 0 saturated carbocycles. The lowest BCUT2D eigenvalue weighted by atomic mass is 9.99. The Morgan fingerprint density at radius 1 is 1.36 bits per heavy atom. The molecule has 2 atom stereocenters. The summed E-state index contributed by atoms with van der Waals surface area (Å²) in [5, 5.41) is 0. The number of nitrogens with zero attached hydrogens (tertiary/aromatic N) is 2. The topological polar surface area (TPSA) is 49.9 Å². The summed E-state index contributed by atoms with van der Waals surface area (Å²) in [6, 6.07) is 4.93. The minimum Gasteiger partial charge on any atom is -0.492 e. The number of amides is 3. The Kier molecular flexibility index (Phi) is 4.12. The third-order valence-corrected chi connectivity index (χ3v) is 4.91. The minimum atomic E-state index is -0.383. The van der Waals surface area contributed by atoms with Crippen LogP contribution >= 0.6 is 15.9 Å². The predicted molar refractivity (Wildman–Crippen MR) is 85.7 cm³/mol. The number of carbonyl (C=O) groups is 2. The lowest BCUT2D eigenvalue weighted by Gasteiger charge is -2.32. The maximum absolute atomic E-state index is 12.7. The molecule has 1 saturated heterocycles. The lowest BCUT2D eigenvalue weighted by Crippen LogP contribution is -2.38. The maximum Gasteiger partial charge on any atom is 0.328 e. The molecule has 0 aliphatic carbocycles. The number of benzene rings is 1. The van der Waals surface area contributed by atoms with Crippen LogP contribution in [-0.2, 0) is 4.79 Å². The van der Waals surface area contributed by atoms with Crippen molar-refractivity contribution < 1.29 is 14.3 Å². The Labute approximate surface area is 138 Å². The number of rotatable bonds is 3. The summed E-state index contributed by atoms with van der Waals surface area (Å²) in [5.41, 5.74) is 0.896. The third-order valence-electron chi connectivity index (χ3n) is 4.28. The van der Waals surface area contributed by atoms with Crippen molar-refractivity contribution in [3.05, 3.63) is 28.2 Å². The SMILES string of the molecule is CCCN1C(=O)N([C@H]2CCOc3c(Br)cccc32)C(=O)[C@@H]1C. The Morgan fingerprint density at radius 3 is 2.86 bits per heavy atom. The number of urea groups is 1. The maximum atomic E-state index is 12.7. The zero-order chi connectivity index (χ0) is 15.9. The molecule has 22 heavy (non-hydrogen) atoms. The van der Waals surface area contributed by atoms with E-state index in [1.165, 1.54) is 4.90 Å². The van der Waals surface area contributed by atoms with Gasteiger partial charge < -0.3 is 9.64 Å². The quantitative estimate of drug-likeness (QED) is 0.770. The van der Waals surface area contributed by atoms with Crippen LogP contribution in [0.4, 0.5) is 4.79 Å². The third kappa shape index (κ3) is 2.29. The Bertz CT molecular complexity index is 619. The van der Waals surface area contributed by atoms with Crippen LogP contribution in [0.25, 0.3) is 0 Å². The summed E-state index contributed by atoms with van der Waals surface area (Å²) < 4.78 is 6.56. The van der Waals surface area contributed by atoms with Crippen molar-refractivity contribution in [3.8, 4) is 5.75 Å². The van der Waals surface area contributed by atoms with Crippen molar-refractivity contribution in [3.63, 3.8) is 0 Å². The number of para-hydroxylation sites is 1. The van der Waals surface area contributed by atoms with Gasteiger partial charge in [-0.25, -0.2) is 4.79 Å². The first-order valence-electron chi connectivity index (χ1n) is 7.61. The van der Waals surface area contributed by atoms with Crippen LogP contribution in [0.5, 0.6) is 5.75 Å². The smallest absolute Gasteiger partial charge is 0.328 e. The zero-order valence-corrected chi connectivity index (χ0v) is 14.3.